The van der Waals surface area contributed by atoms with Gasteiger partial charge in [-0.2, -0.15) is 0 Å². The van der Waals surface area contributed by atoms with Crippen LogP contribution in [0.4, 0.5) is 0 Å². The molecule has 0 unspecified atom stereocenters. The van der Waals surface area contributed by atoms with Gasteiger partial charge in [-0.05, 0) is 54.4 Å². The molecule has 0 saturated heterocycles. The lowest BCUT2D eigenvalue weighted by Crippen LogP contribution is -2.10. The van der Waals surface area contributed by atoms with E-state index >= 15 is 0 Å². The van der Waals surface area contributed by atoms with E-state index in [1.165, 1.54) is 0 Å². The Hall–Kier alpha value is -2.33. The zero-order chi connectivity index (χ0) is 13.8. The Balaban J connectivity index is 2.16. The van der Waals surface area contributed by atoms with Gasteiger partial charge in [0.05, 0.1) is 6.61 Å². The van der Waals surface area contributed by atoms with Gasteiger partial charge in [-0.1, -0.05) is 6.07 Å². The molecular formula is C15H15NO3. The van der Waals surface area contributed by atoms with Crippen molar-refractivity contribution < 1.29 is 14.6 Å². The number of amides is 1. The molecule has 0 atom stereocenters. The molecule has 0 aromatic heterocycles. The minimum Gasteiger partial charge on any atom is -0.457 e. The average molecular weight is 257 g/mol. The molecule has 1 amide bonds. The van der Waals surface area contributed by atoms with Crippen molar-refractivity contribution in [2.24, 2.45) is 5.73 Å². The zero-order valence-electron chi connectivity index (χ0n) is 10.6. The van der Waals surface area contributed by atoms with E-state index in [2.05, 4.69) is 0 Å². The van der Waals surface area contributed by atoms with Gasteiger partial charge in [-0.15, -0.1) is 0 Å². The van der Waals surface area contributed by atoms with Gasteiger partial charge in [-0.25, -0.2) is 0 Å². The first kappa shape index (κ1) is 13.1. The summed E-state index contributed by atoms with van der Waals surface area (Å²) >= 11 is 0. The zero-order valence-corrected chi connectivity index (χ0v) is 10.6. The number of hydrogen-bond acceptors (Lipinski definition) is 3. The summed E-state index contributed by atoms with van der Waals surface area (Å²) in [5.41, 5.74) is 7.45. The van der Waals surface area contributed by atoms with Gasteiger partial charge in [0, 0.05) is 5.56 Å². The second-order valence-electron chi connectivity index (χ2n) is 4.24. The van der Waals surface area contributed by atoms with Crippen molar-refractivity contribution in [2.75, 3.05) is 0 Å². The molecule has 0 radical (unpaired) electrons. The Morgan fingerprint density at radius 1 is 1.16 bits per heavy atom. The van der Waals surface area contributed by atoms with Gasteiger partial charge in [-0.3, -0.25) is 4.79 Å². The number of primary amides is 1. The lowest BCUT2D eigenvalue weighted by Gasteiger charge is -2.09. The minimum absolute atomic E-state index is 0.0133. The SMILES string of the molecule is Cc1cc(Oc2ccc(C(N)=O)cc2)ccc1CO. The van der Waals surface area contributed by atoms with Crippen molar-refractivity contribution in [3.8, 4) is 11.5 Å². The standard InChI is InChI=1S/C15H15NO3/c1-10-8-14(7-4-12(10)9-17)19-13-5-2-11(3-6-13)15(16)18/h2-8,17H,9H2,1H3,(H2,16,18). The van der Waals surface area contributed by atoms with E-state index in [9.17, 15) is 4.79 Å². The lowest BCUT2D eigenvalue weighted by atomic mass is 10.1. The Bertz CT molecular complexity index is 591. The number of carbonyl (C=O) groups is 1. The van der Waals surface area contributed by atoms with E-state index in [0.717, 1.165) is 11.1 Å². The fraction of sp³-hybridized carbons (Fsp3) is 0.133. The molecule has 2 aromatic rings. The molecule has 0 bridgehead atoms. The maximum Gasteiger partial charge on any atom is 0.248 e. The Morgan fingerprint density at radius 2 is 1.79 bits per heavy atom. The van der Waals surface area contributed by atoms with E-state index in [4.69, 9.17) is 15.6 Å². The van der Waals surface area contributed by atoms with Crippen molar-refractivity contribution in [1.82, 2.24) is 0 Å². The number of benzene rings is 2. The first-order chi connectivity index (χ1) is 9.10. The van der Waals surface area contributed by atoms with E-state index in [1.807, 2.05) is 19.1 Å². The van der Waals surface area contributed by atoms with E-state index in [0.29, 0.717) is 17.1 Å². The van der Waals surface area contributed by atoms with Crippen molar-refractivity contribution in [2.45, 2.75) is 13.5 Å². The molecule has 2 aromatic carbocycles. The van der Waals surface area contributed by atoms with Crippen LogP contribution in [0.25, 0.3) is 0 Å². The Labute approximate surface area is 111 Å². The fourth-order valence-corrected chi connectivity index (χ4v) is 1.73. The number of aryl methyl sites for hydroxylation is 1. The lowest BCUT2D eigenvalue weighted by molar-refractivity contribution is 0.100. The second-order valence-corrected chi connectivity index (χ2v) is 4.24. The molecule has 4 heteroatoms. The number of nitrogens with two attached hydrogens (primary N) is 1. The molecule has 0 heterocycles. The van der Waals surface area contributed by atoms with Crippen LogP contribution >= 0.6 is 0 Å². The number of ether oxygens (including phenoxy) is 1. The third-order valence-corrected chi connectivity index (χ3v) is 2.86. The fourth-order valence-electron chi connectivity index (χ4n) is 1.73. The summed E-state index contributed by atoms with van der Waals surface area (Å²) < 4.78 is 5.66. The molecule has 4 nitrogen and oxygen atoms in total. The van der Waals surface area contributed by atoms with Crippen LogP contribution in [0.1, 0.15) is 21.5 Å². The smallest absolute Gasteiger partial charge is 0.248 e. The van der Waals surface area contributed by atoms with E-state index in [-0.39, 0.29) is 6.61 Å². The number of carbonyl (C=O) groups excluding carboxylic acids is 1. The molecule has 0 aliphatic heterocycles. The number of aliphatic hydroxyl groups is 1. The first-order valence-corrected chi connectivity index (χ1v) is 5.88. The predicted molar refractivity (Wildman–Crippen MR) is 72.1 cm³/mol. The molecule has 0 aliphatic carbocycles. The van der Waals surface area contributed by atoms with Crippen LogP contribution in [0.3, 0.4) is 0 Å². The van der Waals surface area contributed by atoms with Gasteiger partial charge in [0.2, 0.25) is 5.91 Å². The quantitative estimate of drug-likeness (QED) is 0.883. The largest absolute Gasteiger partial charge is 0.457 e. The highest BCUT2D eigenvalue weighted by atomic mass is 16.5. The van der Waals surface area contributed by atoms with Crippen LogP contribution in [0.15, 0.2) is 42.5 Å². The van der Waals surface area contributed by atoms with Gasteiger partial charge in [0.1, 0.15) is 11.5 Å². The van der Waals surface area contributed by atoms with Crippen LogP contribution in [-0.4, -0.2) is 11.0 Å². The summed E-state index contributed by atoms with van der Waals surface area (Å²) in [5.74, 6) is 0.845. The normalized spacial score (nSPS) is 10.2. The summed E-state index contributed by atoms with van der Waals surface area (Å²) in [5, 5.41) is 9.10. The van der Waals surface area contributed by atoms with E-state index < -0.39 is 5.91 Å². The number of rotatable bonds is 4. The summed E-state index contributed by atoms with van der Waals surface area (Å²) in [4.78, 5) is 10.9. The predicted octanol–water partition coefficient (Wildman–Crippen LogP) is 2.38. The highest BCUT2D eigenvalue weighted by Gasteiger charge is 2.03. The summed E-state index contributed by atoms with van der Waals surface area (Å²) in [6.45, 7) is 1.92. The first-order valence-electron chi connectivity index (χ1n) is 5.88. The van der Waals surface area contributed by atoms with Crippen LogP contribution < -0.4 is 10.5 Å². The minimum atomic E-state index is -0.463. The molecule has 3 N–H and O–H groups in total. The topological polar surface area (TPSA) is 72.5 Å². The van der Waals surface area contributed by atoms with Crippen LogP contribution in [-0.2, 0) is 6.61 Å². The van der Waals surface area contributed by atoms with Crippen molar-refractivity contribution in [1.29, 1.82) is 0 Å². The molecule has 2 rings (SSSR count). The molecule has 0 saturated carbocycles. The molecular weight excluding hydrogens is 242 g/mol. The third kappa shape index (κ3) is 3.11. The van der Waals surface area contributed by atoms with Gasteiger partial charge in [0.25, 0.3) is 0 Å². The maximum absolute atomic E-state index is 10.9. The molecule has 19 heavy (non-hydrogen) atoms. The Morgan fingerprint density at radius 3 is 2.32 bits per heavy atom. The summed E-state index contributed by atoms with van der Waals surface area (Å²) in [7, 11) is 0. The molecule has 98 valence electrons. The highest BCUT2D eigenvalue weighted by molar-refractivity contribution is 5.92. The monoisotopic (exact) mass is 257 g/mol. The molecule has 0 aliphatic rings. The highest BCUT2D eigenvalue weighted by Crippen LogP contribution is 2.24. The van der Waals surface area contributed by atoms with Gasteiger partial charge >= 0.3 is 0 Å². The van der Waals surface area contributed by atoms with E-state index in [1.54, 1.807) is 30.3 Å². The molecule has 0 spiro atoms. The van der Waals surface area contributed by atoms with Crippen LogP contribution in [0, 0.1) is 6.92 Å². The van der Waals surface area contributed by atoms with Gasteiger partial charge in [0.15, 0.2) is 0 Å². The second kappa shape index (κ2) is 5.54. The molecule has 0 fully saturated rings. The summed E-state index contributed by atoms with van der Waals surface area (Å²) in [6, 6.07) is 12.1. The maximum atomic E-state index is 10.9. The van der Waals surface area contributed by atoms with Gasteiger partial charge < -0.3 is 15.6 Å². The summed E-state index contributed by atoms with van der Waals surface area (Å²) in [6.07, 6.45) is 0. The van der Waals surface area contributed by atoms with Crippen LogP contribution in [0.5, 0.6) is 11.5 Å². The van der Waals surface area contributed by atoms with Crippen molar-refractivity contribution >= 4 is 5.91 Å². The van der Waals surface area contributed by atoms with Crippen LogP contribution in [0.2, 0.25) is 0 Å². The average Bonchev–Trinajstić information content (AvgIpc) is 2.39. The Kier molecular flexibility index (Phi) is 3.82. The van der Waals surface area contributed by atoms with Crippen molar-refractivity contribution in [3.63, 3.8) is 0 Å². The third-order valence-electron chi connectivity index (χ3n) is 2.86. The number of aliphatic hydroxyl groups excluding tert-OH is 1. The van der Waals surface area contributed by atoms with Crippen molar-refractivity contribution in [3.05, 3.63) is 59.2 Å². The number of hydrogen-bond donors (Lipinski definition) is 2.